The number of rotatable bonds is 6. The molecule has 1 aromatic carbocycles. The number of para-hydroxylation sites is 1. The van der Waals surface area contributed by atoms with E-state index in [2.05, 4.69) is 4.90 Å². The van der Waals surface area contributed by atoms with E-state index >= 15 is 0 Å². The standard InChI is InChI=1S/C20H28N2O3/c23-20(7-4-12-25-18-5-2-1-3-6-18)21-10-11-22-17(13-21)14-24-15-19(22)16-8-9-16/h1-3,5-6,16-17,19H,4,7-15H2/t17-,19-/m1/s1. The van der Waals surface area contributed by atoms with Crippen LogP contribution in [0.25, 0.3) is 0 Å². The van der Waals surface area contributed by atoms with Gasteiger partial charge in [0.15, 0.2) is 0 Å². The first kappa shape index (κ1) is 16.9. The molecule has 2 heterocycles. The zero-order valence-electron chi connectivity index (χ0n) is 14.8. The highest BCUT2D eigenvalue weighted by atomic mass is 16.5. The fourth-order valence-corrected chi connectivity index (χ4v) is 4.08. The summed E-state index contributed by atoms with van der Waals surface area (Å²) in [7, 11) is 0. The number of amides is 1. The van der Waals surface area contributed by atoms with E-state index in [0.29, 0.717) is 25.1 Å². The van der Waals surface area contributed by atoms with Gasteiger partial charge in [0.1, 0.15) is 5.75 Å². The van der Waals surface area contributed by atoms with Crippen molar-refractivity contribution in [3.8, 4) is 5.75 Å². The lowest BCUT2D eigenvalue weighted by atomic mass is 10.0. The Bertz CT molecular complexity index is 576. The van der Waals surface area contributed by atoms with Gasteiger partial charge in [-0.25, -0.2) is 0 Å². The van der Waals surface area contributed by atoms with Gasteiger partial charge in [0.2, 0.25) is 5.91 Å². The number of hydrogen-bond donors (Lipinski definition) is 0. The van der Waals surface area contributed by atoms with Crippen molar-refractivity contribution in [2.75, 3.05) is 39.5 Å². The van der Waals surface area contributed by atoms with Crippen LogP contribution in [0.5, 0.6) is 5.75 Å². The summed E-state index contributed by atoms with van der Waals surface area (Å²) in [5.74, 6) is 1.96. The highest BCUT2D eigenvalue weighted by molar-refractivity contribution is 5.76. The van der Waals surface area contributed by atoms with Crippen molar-refractivity contribution in [3.05, 3.63) is 30.3 Å². The quantitative estimate of drug-likeness (QED) is 0.742. The maximum atomic E-state index is 12.5. The van der Waals surface area contributed by atoms with Gasteiger partial charge in [0, 0.05) is 32.1 Å². The highest BCUT2D eigenvalue weighted by Crippen LogP contribution is 2.38. The monoisotopic (exact) mass is 344 g/mol. The van der Waals surface area contributed by atoms with Crippen LogP contribution in [0, 0.1) is 5.92 Å². The third-order valence-corrected chi connectivity index (χ3v) is 5.62. The molecular weight excluding hydrogens is 316 g/mol. The summed E-state index contributed by atoms with van der Waals surface area (Å²) in [4.78, 5) is 17.2. The van der Waals surface area contributed by atoms with Crippen LogP contribution in [-0.4, -0.2) is 67.2 Å². The zero-order chi connectivity index (χ0) is 17.1. The summed E-state index contributed by atoms with van der Waals surface area (Å²) in [6.45, 7) is 4.92. The molecule has 136 valence electrons. The van der Waals surface area contributed by atoms with Crippen molar-refractivity contribution in [1.82, 2.24) is 9.80 Å². The first-order valence-electron chi connectivity index (χ1n) is 9.60. The van der Waals surface area contributed by atoms with Crippen molar-refractivity contribution in [2.45, 2.75) is 37.8 Å². The van der Waals surface area contributed by atoms with Gasteiger partial charge in [-0.3, -0.25) is 9.69 Å². The Labute approximate surface area is 149 Å². The molecule has 4 rings (SSSR count). The molecule has 1 aliphatic carbocycles. The lowest BCUT2D eigenvalue weighted by molar-refractivity contribution is -0.140. The number of hydrogen-bond acceptors (Lipinski definition) is 4. The molecule has 2 atom stereocenters. The van der Waals surface area contributed by atoms with E-state index in [4.69, 9.17) is 9.47 Å². The van der Waals surface area contributed by atoms with Crippen LogP contribution >= 0.6 is 0 Å². The summed E-state index contributed by atoms with van der Waals surface area (Å²) >= 11 is 0. The van der Waals surface area contributed by atoms with Gasteiger partial charge in [-0.2, -0.15) is 0 Å². The summed E-state index contributed by atoms with van der Waals surface area (Å²) in [5, 5.41) is 0. The molecule has 5 nitrogen and oxygen atoms in total. The second kappa shape index (κ2) is 7.75. The van der Waals surface area contributed by atoms with E-state index in [9.17, 15) is 4.79 Å². The fraction of sp³-hybridized carbons (Fsp3) is 0.650. The number of ether oxygens (including phenoxy) is 2. The van der Waals surface area contributed by atoms with Crippen molar-refractivity contribution >= 4 is 5.91 Å². The minimum atomic E-state index is 0.254. The number of benzene rings is 1. The molecule has 1 saturated carbocycles. The van der Waals surface area contributed by atoms with E-state index < -0.39 is 0 Å². The Morgan fingerprint density at radius 3 is 2.80 bits per heavy atom. The molecule has 0 radical (unpaired) electrons. The van der Waals surface area contributed by atoms with E-state index in [-0.39, 0.29) is 5.91 Å². The Morgan fingerprint density at radius 1 is 1.16 bits per heavy atom. The topological polar surface area (TPSA) is 42.0 Å². The van der Waals surface area contributed by atoms with Gasteiger partial charge in [0.25, 0.3) is 0 Å². The summed E-state index contributed by atoms with van der Waals surface area (Å²) in [6, 6.07) is 10.8. The lowest BCUT2D eigenvalue weighted by Crippen LogP contribution is -2.63. The first-order chi connectivity index (χ1) is 12.3. The Balaban J connectivity index is 1.21. The van der Waals surface area contributed by atoms with Crippen molar-refractivity contribution in [2.24, 2.45) is 5.92 Å². The normalized spacial score (nSPS) is 27.0. The van der Waals surface area contributed by atoms with Crippen molar-refractivity contribution in [3.63, 3.8) is 0 Å². The molecule has 0 unspecified atom stereocenters. The third kappa shape index (κ3) is 4.15. The molecule has 3 aliphatic rings. The predicted molar refractivity (Wildman–Crippen MR) is 95.6 cm³/mol. The smallest absolute Gasteiger partial charge is 0.222 e. The first-order valence-corrected chi connectivity index (χ1v) is 9.60. The van der Waals surface area contributed by atoms with Gasteiger partial charge >= 0.3 is 0 Å². The van der Waals surface area contributed by atoms with Crippen LogP contribution < -0.4 is 4.74 Å². The largest absolute Gasteiger partial charge is 0.494 e. The Kier molecular flexibility index (Phi) is 5.22. The average Bonchev–Trinajstić information content (AvgIpc) is 3.50. The van der Waals surface area contributed by atoms with E-state index in [1.165, 1.54) is 12.8 Å². The SMILES string of the molecule is O=C(CCCOc1ccccc1)N1CCN2[C@@H](COC[C@@H]2C2CC2)C1. The Morgan fingerprint density at radius 2 is 2.00 bits per heavy atom. The van der Waals surface area contributed by atoms with Gasteiger partial charge < -0.3 is 14.4 Å². The number of carbonyl (C=O) groups is 1. The minimum absolute atomic E-state index is 0.254. The van der Waals surface area contributed by atoms with Crippen LogP contribution in [0.4, 0.5) is 0 Å². The number of nitrogens with zero attached hydrogens (tertiary/aromatic N) is 2. The molecular formula is C20H28N2O3. The average molecular weight is 344 g/mol. The van der Waals surface area contributed by atoms with Gasteiger partial charge in [-0.15, -0.1) is 0 Å². The fourth-order valence-electron chi connectivity index (χ4n) is 4.08. The summed E-state index contributed by atoms with van der Waals surface area (Å²) < 4.78 is 11.5. The molecule has 0 bridgehead atoms. The molecule has 2 aliphatic heterocycles. The van der Waals surface area contributed by atoms with Crippen LogP contribution in [0.2, 0.25) is 0 Å². The molecule has 5 heteroatoms. The molecule has 0 N–H and O–H groups in total. The second-order valence-electron chi connectivity index (χ2n) is 7.44. The molecule has 0 spiro atoms. The maximum absolute atomic E-state index is 12.5. The van der Waals surface area contributed by atoms with Crippen LogP contribution in [0.15, 0.2) is 30.3 Å². The predicted octanol–water partition coefficient (Wildman–Crippen LogP) is 2.17. The third-order valence-electron chi connectivity index (χ3n) is 5.62. The number of morpholine rings is 1. The number of piperazine rings is 1. The highest BCUT2D eigenvalue weighted by Gasteiger charge is 2.43. The van der Waals surface area contributed by atoms with Gasteiger partial charge in [-0.1, -0.05) is 18.2 Å². The molecule has 2 saturated heterocycles. The maximum Gasteiger partial charge on any atom is 0.222 e. The van der Waals surface area contributed by atoms with Crippen LogP contribution in [0.1, 0.15) is 25.7 Å². The molecule has 0 aromatic heterocycles. The summed E-state index contributed by atoms with van der Waals surface area (Å²) in [6.07, 6.45) is 4.02. The van der Waals surface area contributed by atoms with Gasteiger partial charge in [-0.05, 0) is 37.3 Å². The van der Waals surface area contributed by atoms with E-state index in [1.807, 2.05) is 35.2 Å². The number of carbonyl (C=O) groups excluding carboxylic acids is 1. The second-order valence-corrected chi connectivity index (χ2v) is 7.44. The van der Waals surface area contributed by atoms with Crippen LogP contribution in [-0.2, 0) is 9.53 Å². The van der Waals surface area contributed by atoms with E-state index in [1.54, 1.807) is 0 Å². The van der Waals surface area contributed by atoms with Gasteiger partial charge in [0.05, 0.1) is 25.9 Å². The lowest BCUT2D eigenvalue weighted by Gasteiger charge is -2.48. The van der Waals surface area contributed by atoms with E-state index in [0.717, 1.165) is 50.9 Å². The molecule has 1 aromatic rings. The number of fused-ring (bicyclic) bond motifs is 1. The van der Waals surface area contributed by atoms with Crippen LogP contribution in [0.3, 0.4) is 0 Å². The zero-order valence-corrected chi connectivity index (χ0v) is 14.8. The molecule has 3 fully saturated rings. The molecule has 1 amide bonds. The minimum Gasteiger partial charge on any atom is -0.494 e. The Hall–Kier alpha value is -1.59. The molecule has 25 heavy (non-hydrogen) atoms. The van der Waals surface area contributed by atoms with Crippen molar-refractivity contribution in [1.29, 1.82) is 0 Å². The van der Waals surface area contributed by atoms with Crippen molar-refractivity contribution < 1.29 is 14.3 Å². The summed E-state index contributed by atoms with van der Waals surface area (Å²) in [5.41, 5.74) is 0.